The average molecular weight is 347 g/mol. The van der Waals surface area contributed by atoms with Gasteiger partial charge in [-0.25, -0.2) is 4.39 Å². The SMILES string of the molecule is Cc1ccc(C)c(OCC(O)CN(C)CCOc2ccccc2F)c1. The van der Waals surface area contributed by atoms with E-state index in [0.717, 1.165) is 16.9 Å². The van der Waals surface area contributed by atoms with Crippen molar-refractivity contribution < 1.29 is 19.0 Å². The molecule has 1 unspecified atom stereocenters. The van der Waals surface area contributed by atoms with Crippen LogP contribution in [0.4, 0.5) is 4.39 Å². The monoisotopic (exact) mass is 347 g/mol. The summed E-state index contributed by atoms with van der Waals surface area (Å²) in [6.07, 6.45) is -0.613. The molecule has 0 radical (unpaired) electrons. The van der Waals surface area contributed by atoms with Crippen molar-refractivity contribution in [2.75, 3.05) is 33.4 Å². The van der Waals surface area contributed by atoms with Crippen molar-refractivity contribution in [3.05, 3.63) is 59.4 Å². The highest BCUT2D eigenvalue weighted by atomic mass is 19.1. The number of nitrogens with zero attached hydrogens (tertiary/aromatic N) is 1. The van der Waals surface area contributed by atoms with Gasteiger partial charge in [0.1, 0.15) is 25.1 Å². The first kappa shape index (κ1) is 19.2. The van der Waals surface area contributed by atoms with Gasteiger partial charge in [-0.1, -0.05) is 24.3 Å². The molecule has 25 heavy (non-hydrogen) atoms. The number of hydrogen-bond donors (Lipinski definition) is 1. The van der Waals surface area contributed by atoms with Crippen LogP contribution in [0.3, 0.4) is 0 Å². The van der Waals surface area contributed by atoms with Gasteiger partial charge in [0.25, 0.3) is 0 Å². The van der Waals surface area contributed by atoms with Crippen molar-refractivity contribution >= 4 is 0 Å². The molecule has 0 aliphatic carbocycles. The molecule has 0 spiro atoms. The number of aryl methyl sites for hydroxylation is 2. The van der Waals surface area contributed by atoms with Crippen LogP contribution in [0.25, 0.3) is 0 Å². The van der Waals surface area contributed by atoms with Gasteiger partial charge in [-0.05, 0) is 50.2 Å². The average Bonchev–Trinajstić information content (AvgIpc) is 2.57. The molecule has 0 amide bonds. The molecule has 2 aromatic carbocycles. The van der Waals surface area contributed by atoms with Crippen molar-refractivity contribution in [1.82, 2.24) is 4.90 Å². The fourth-order valence-electron chi connectivity index (χ4n) is 2.43. The molecular formula is C20H26FNO3. The highest BCUT2D eigenvalue weighted by Gasteiger charge is 2.11. The smallest absolute Gasteiger partial charge is 0.165 e. The van der Waals surface area contributed by atoms with Crippen LogP contribution in [0.2, 0.25) is 0 Å². The molecule has 136 valence electrons. The first-order valence-electron chi connectivity index (χ1n) is 8.39. The van der Waals surface area contributed by atoms with Gasteiger partial charge >= 0.3 is 0 Å². The van der Waals surface area contributed by atoms with Gasteiger partial charge in [0, 0.05) is 13.1 Å². The zero-order valence-corrected chi connectivity index (χ0v) is 15.0. The van der Waals surface area contributed by atoms with Crippen molar-refractivity contribution in [3.63, 3.8) is 0 Å². The normalized spacial score (nSPS) is 12.2. The number of para-hydroxylation sites is 1. The maximum Gasteiger partial charge on any atom is 0.165 e. The second kappa shape index (κ2) is 9.39. The first-order valence-corrected chi connectivity index (χ1v) is 8.39. The second-order valence-corrected chi connectivity index (χ2v) is 6.27. The van der Waals surface area contributed by atoms with E-state index >= 15 is 0 Å². The minimum absolute atomic E-state index is 0.225. The molecule has 0 fully saturated rings. The third-order valence-electron chi connectivity index (χ3n) is 3.86. The van der Waals surface area contributed by atoms with Gasteiger partial charge in [-0.2, -0.15) is 0 Å². The molecule has 2 aromatic rings. The van der Waals surface area contributed by atoms with Crippen LogP contribution in [-0.2, 0) is 0 Å². The summed E-state index contributed by atoms with van der Waals surface area (Å²) in [6, 6.07) is 12.3. The van der Waals surface area contributed by atoms with Gasteiger partial charge < -0.3 is 19.5 Å². The summed E-state index contributed by atoms with van der Waals surface area (Å²) in [6.45, 7) is 5.59. The standard InChI is InChI=1S/C20H26FNO3/c1-15-8-9-16(2)20(12-15)25-14-17(23)13-22(3)10-11-24-19-7-5-4-6-18(19)21/h4-9,12,17,23H,10-11,13-14H2,1-3H3. The van der Waals surface area contributed by atoms with Gasteiger partial charge in [0.15, 0.2) is 11.6 Å². The first-order chi connectivity index (χ1) is 12.0. The van der Waals surface area contributed by atoms with Crippen molar-refractivity contribution in [2.24, 2.45) is 0 Å². The Morgan fingerprint density at radius 3 is 2.60 bits per heavy atom. The van der Waals surface area contributed by atoms with Crippen LogP contribution >= 0.6 is 0 Å². The summed E-state index contributed by atoms with van der Waals surface area (Å²) in [4.78, 5) is 1.93. The Morgan fingerprint density at radius 1 is 1.08 bits per heavy atom. The predicted molar refractivity (Wildman–Crippen MR) is 96.8 cm³/mol. The van der Waals surface area contributed by atoms with E-state index in [9.17, 15) is 9.50 Å². The fourth-order valence-corrected chi connectivity index (χ4v) is 2.43. The number of benzene rings is 2. The summed E-state index contributed by atoms with van der Waals surface area (Å²) in [5, 5.41) is 10.1. The molecule has 0 heterocycles. The van der Waals surface area contributed by atoms with E-state index < -0.39 is 6.10 Å². The lowest BCUT2D eigenvalue weighted by Gasteiger charge is -2.21. The van der Waals surface area contributed by atoms with Gasteiger partial charge in [0.2, 0.25) is 0 Å². The lowest BCUT2D eigenvalue weighted by Crippen LogP contribution is -2.35. The van der Waals surface area contributed by atoms with E-state index in [4.69, 9.17) is 9.47 Å². The number of rotatable bonds is 9. The molecule has 2 rings (SSSR count). The molecule has 5 heteroatoms. The molecule has 0 saturated carbocycles. The van der Waals surface area contributed by atoms with E-state index in [0.29, 0.717) is 19.7 Å². The highest BCUT2D eigenvalue weighted by Crippen LogP contribution is 2.19. The topological polar surface area (TPSA) is 41.9 Å². The van der Waals surface area contributed by atoms with E-state index in [1.165, 1.54) is 6.07 Å². The predicted octanol–water partition coefficient (Wildman–Crippen LogP) is 3.19. The van der Waals surface area contributed by atoms with Crippen LogP contribution in [0.5, 0.6) is 11.5 Å². The fraction of sp³-hybridized carbons (Fsp3) is 0.400. The van der Waals surface area contributed by atoms with Crippen LogP contribution in [0, 0.1) is 19.7 Å². The largest absolute Gasteiger partial charge is 0.491 e. The van der Waals surface area contributed by atoms with Crippen molar-refractivity contribution in [2.45, 2.75) is 20.0 Å². The van der Waals surface area contributed by atoms with Crippen LogP contribution in [0.15, 0.2) is 42.5 Å². The quantitative estimate of drug-likeness (QED) is 0.756. The minimum Gasteiger partial charge on any atom is -0.491 e. The summed E-state index contributed by atoms with van der Waals surface area (Å²) in [5.41, 5.74) is 2.17. The third kappa shape index (κ3) is 6.36. The number of aliphatic hydroxyl groups excluding tert-OH is 1. The van der Waals surface area contributed by atoms with E-state index in [2.05, 4.69) is 0 Å². The number of likely N-dealkylation sites (N-methyl/N-ethyl adjacent to an activating group) is 1. The van der Waals surface area contributed by atoms with Gasteiger partial charge in [0.05, 0.1) is 0 Å². The Bertz CT molecular complexity index is 678. The molecule has 0 saturated heterocycles. The molecule has 1 N–H and O–H groups in total. The van der Waals surface area contributed by atoms with E-state index in [-0.39, 0.29) is 18.2 Å². The molecule has 0 bridgehead atoms. The summed E-state index contributed by atoms with van der Waals surface area (Å²) >= 11 is 0. The summed E-state index contributed by atoms with van der Waals surface area (Å²) < 4.78 is 24.6. The van der Waals surface area contributed by atoms with Crippen LogP contribution in [0.1, 0.15) is 11.1 Å². The van der Waals surface area contributed by atoms with Crippen LogP contribution in [-0.4, -0.2) is 49.5 Å². The third-order valence-corrected chi connectivity index (χ3v) is 3.86. The molecule has 0 aliphatic heterocycles. The lowest BCUT2D eigenvalue weighted by atomic mass is 10.1. The summed E-state index contributed by atoms with van der Waals surface area (Å²) in [7, 11) is 1.88. The Kier molecular flexibility index (Phi) is 7.22. The van der Waals surface area contributed by atoms with Gasteiger partial charge in [-0.3, -0.25) is 0 Å². The molecule has 1 atom stereocenters. The zero-order valence-electron chi connectivity index (χ0n) is 15.0. The van der Waals surface area contributed by atoms with Crippen molar-refractivity contribution in [3.8, 4) is 11.5 Å². The Hall–Kier alpha value is -2.11. The van der Waals surface area contributed by atoms with Crippen molar-refractivity contribution in [1.29, 1.82) is 0 Å². The molecule has 0 aromatic heterocycles. The number of ether oxygens (including phenoxy) is 2. The van der Waals surface area contributed by atoms with Gasteiger partial charge in [-0.15, -0.1) is 0 Å². The Morgan fingerprint density at radius 2 is 1.84 bits per heavy atom. The molecular weight excluding hydrogens is 321 g/mol. The number of halogens is 1. The Labute approximate surface area is 148 Å². The van der Waals surface area contributed by atoms with E-state index in [1.54, 1.807) is 18.2 Å². The number of hydrogen-bond acceptors (Lipinski definition) is 4. The molecule has 4 nitrogen and oxygen atoms in total. The maximum atomic E-state index is 13.5. The highest BCUT2D eigenvalue weighted by molar-refractivity contribution is 5.35. The maximum absolute atomic E-state index is 13.5. The Balaban J connectivity index is 1.70. The number of aliphatic hydroxyl groups is 1. The zero-order chi connectivity index (χ0) is 18.2. The van der Waals surface area contributed by atoms with E-state index in [1.807, 2.05) is 44.0 Å². The van der Waals surface area contributed by atoms with Crippen LogP contribution < -0.4 is 9.47 Å². The summed E-state index contributed by atoms with van der Waals surface area (Å²) in [5.74, 6) is 0.673. The minimum atomic E-state index is -0.613. The second-order valence-electron chi connectivity index (χ2n) is 6.27. The lowest BCUT2D eigenvalue weighted by molar-refractivity contribution is 0.0718. The molecule has 0 aliphatic rings.